The van der Waals surface area contributed by atoms with Crippen LogP contribution >= 0.6 is 0 Å². The van der Waals surface area contributed by atoms with E-state index in [0.717, 1.165) is 10.6 Å². The van der Waals surface area contributed by atoms with E-state index in [9.17, 15) is 23.1 Å². The van der Waals surface area contributed by atoms with E-state index in [4.69, 9.17) is 9.47 Å². The third-order valence-corrected chi connectivity index (χ3v) is 7.47. The molecule has 10 heteroatoms. The topological polar surface area (TPSA) is 115 Å². The molecule has 166 valence electrons. The summed E-state index contributed by atoms with van der Waals surface area (Å²) in [4.78, 5) is 25.7. The third kappa shape index (κ3) is 3.35. The van der Waals surface area contributed by atoms with Crippen LogP contribution in [0.1, 0.15) is 11.7 Å². The molecule has 2 aliphatic rings. The monoisotopic (exact) mass is 448 g/mol. The highest BCUT2D eigenvalue weighted by Gasteiger charge is 2.59. The highest BCUT2D eigenvalue weighted by Crippen LogP contribution is 2.50. The molecule has 4 rings (SSSR count). The van der Waals surface area contributed by atoms with Gasteiger partial charge in [-0.3, -0.25) is 9.59 Å². The van der Waals surface area contributed by atoms with Crippen LogP contribution in [0.3, 0.4) is 0 Å². The second-order valence-electron chi connectivity index (χ2n) is 7.83. The van der Waals surface area contributed by atoms with Crippen LogP contribution in [-0.4, -0.2) is 61.5 Å². The fourth-order valence-electron chi connectivity index (χ4n) is 4.89. The van der Waals surface area contributed by atoms with Crippen molar-refractivity contribution in [2.24, 2.45) is 11.8 Å². The van der Waals surface area contributed by atoms with E-state index in [2.05, 4.69) is 0 Å². The number of aliphatic hydroxyl groups excluding tert-OH is 1. The average Bonchev–Trinajstić information content (AvgIpc) is 3.28. The maximum Gasteiger partial charge on any atom is 0.324 e. The van der Waals surface area contributed by atoms with E-state index in [0.29, 0.717) is 22.6 Å². The number of aliphatic hydroxyl groups is 1. The molecule has 0 unspecified atom stereocenters. The van der Waals surface area contributed by atoms with Crippen LogP contribution in [0.5, 0.6) is 5.75 Å². The average molecular weight is 448 g/mol. The van der Waals surface area contributed by atoms with Crippen LogP contribution in [0.25, 0.3) is 11.1 Å². The number of benzene rings is 1. The van der Waals surface area contributed by atoms with Gasteiger partial charge in [0, 0.05) is 36.2 Å². The van der Waals surface area contributed by atoms with Gasteiger partial charge in [-0.25, -0.2) is 8.42 Å². The fourth-order valence-corrected chi connectivity index (χ4v) is 6.22. The zero-order chi connectivity index (χ0) is 22.5. The number of aromatic nitrogens is 1. The minimum Gasteiger partial charge on any atom is -0.497 e. The molecule has 0 saturated carbocycles. The lowest BCUT2D eigenvalue weighted by Gasteiger charge is -2.27. The third-order valence-electron chi connectivity index (χ3n) is 6.25. The number of carbonyl (C=O) groups excluding carboxylic acids is 1. The molecule has 0 bridgehead atoms. The van der Waals surface area contributed by atoms with Gasteiger partial charge in [0.05, 0.1) is 26.5 Å². The zero-order valence-electron chi connectivity index (χ0n) is 17.4. The predicted octanol–water partition coefficient (Wildman–Crippen LogP) is 0.620. The molecule has 2 aliphatic heterocycles. The molecule has 9 nitrogen and oxygen atoms in total. The van der Waals surface area contributed by atoms with E-state index >= 15 is 0 Å². The van der Waals surface area contributed by atoms with Crippen LogP contribution in [0.15, 0.2) is 41.2 Å². The Morgan fingerprint density at radius 2 is 1.84 bits per heavy atom. The number of nitrogens with zero attached hydrogens (tertiary/aromatic N) is 2. The molecule has 0 aliphatic carbocycles. The molecular formula is C21H24N2O7S. The van der Waals surface area contributed by atoms with Crippen LogP contribution in [-0.2, 0) is 26.1 Å². The van der Waals surface area contributed by atoms with Gasteiger partial charge >= 0.3 is 5.97 Å². The molecule has 0 spiro atoms. The Morgan fingerprint density at radius 1 is 1.16 bits per heavy atom. The summed E-state index contributed by atoms with van der Waals surface area (Å²) in [6, 6.07) is 8.61. The maximum absolute atomic E-state index is 13.3. The normalized spacial score (nSPS) is 25.2. The molecule has 2 aromatic rings. The Hall–Kier alpha value is -2.69. The molecule has 31 heavy (non-hydrogen) atoms. The van der Waals surface area contributed by atoms with Crippen LogP contribution < -0.4 is 10.3 Å². The van der Waals surface area contributed by atoms with Crippen molar-refractivity contribution in [1.82, 2.24) is 8.87 Å². The standard InChI is InChI=1S/C21H24N2O7S/c1-29-13-6-4-12(5-7-13)14-8-9-17-18-15(10-22(17)20(14)25)16(11-24)19(21(26)30-2)23(18)31(3,27)28/h4-9,15-16,18-19,24H,10-11H2,1-3H3/t15-,16-,18+,19-/m1/s1. The largest absolute Gasteiger partial charge is 0.497 e. The fraction of sp³-hybridized carbons (Fsp3) is 0.429. The second-order valence-corrected chi connectivity index (χ2v) is 9.72. The lowest BCUT2D eigenvalue weighted by molar-refractivity contribution is -0.146. The number of hydrogen-bond donors (Lipinski definition) is 1. The summed E-state index contributed by atoms with van der Waals surface area (Å²) < 4.78 is 37.9. The van der Waals surface area contributed by atoms with Gasteiger partial charge in [0.1, 0.15) is 11.8 Å². The minimum atomic E-state index is -3.84. The number of carbonyl (C=O) groups is 1. The van der Waals surface area contributed by atoms with Gasteiger partial charge < -0.3 is 19.1 Å². The Labute approximate surface area is 179 Å². The summed E-state index contributed by atoms with van der Waals surface area (Å²) in [5.74, 6) is -1.16. The number of pyridine rings is 1. The summed E-state index contributed by atoms with van der Waals surface area (Å²) in [6.07, 6.45) is 1.02. The van der Waals surface area contributed by atoms with Crippen molar-refractivity contribution in [3.8, 4) is 16.9 Å². The first-order valence-corrected chi connectivity index (χ1v) is 11.6. The summed E-state index contributed by atoms with van der Waals surface area (Å²) in [5.41, 5.74) is 1.44. The lowest BCUT2D eigenvalue weighted by Crippen LogP contribution is -2.46. The van der Waals surface area contributed by atoms with Crippen LogP contribution in [0, 0.1) is 11.8 Å². The van der Waals surface area contributed by atoms with Gasteiger partial charge in [0.15, 0.2) is 0 Å². The number of methoxy groups -OCH3 is 2. The van der Waals surface area contributed by atoms with Crippen molar-refractivity contribution < 1.29 is 27.8 Å². The molecule has 1 saturated heterocycles. The van der Waals surface area contributed by atoms with Crippen molar-refractivity contribution in [2.45, 2.75) is 18.6 Å². The molecule has 0 radical (unpaired) electrons. The van der Waals surface area contributed by atoms with Gasteiger partial charge in [-0.15, -0.1) is 0 Å². The summed E-state index contributed by atoms with van der Waals surface area (Å²) in [6.45, 7) is -0.200. The number of ether oxygens (including phenoxy) is 2. The van der Waals surface area contributed by atoms with Gasteiger partial charge in [-0.05, 0) is 29.8 Å². The van der Waals surface area contributed by atoms with Gasteiger partial charge in [0.25, 0.3) is 5.56 Å². The molecule has 1 fully saturated rings. The Bertz CT molecular complexity index is 1170. The van der Waals surface area contributed by atoms with Crippen molar-refractivity contribution in [3.05, 3.63) is 52.4 Å². The second kappa shape index (κ2) is 7.77. The van der Waals surface area contributed by atoms with Crippen molar-refractivity contribution in [1.29, 1.82) is 0 Å². The van der Waals surface area contributed by atoms with E-state index in [1.54, 1.807) is 48.1 Å². The molecule has 4 atom stereocenters. The first kappa shape index (κ1) is 21.5. The first-order valence-electron chi connectivity index (χ1n) is 9.78. The number of rotatable bonds is 5. The minimum absolute atomic E-state index is 0.202. The zero-order valence-corrected chi connectivity index (χ0v) is 18.2. The quantitative estimate of drug-likeness (QED) is 0.667. The maximum atomic E-state index is 13.3. The number of fused-ring (bicyclic) bond motifs is 3. The lowest BCUT2D eigenvalue weighted by atomic mass is 9.88. The Morgan fingerprint density at radius 3 is 2.39 bits per heavy atom. The van der Waals surface area contributed by atoms with Crippen LogP contribution in [0.2, 0.25) is 0 Å². The molecule has 0 amide bonds. The van der Waals surface area contributed by atoms with Gasteiger partial charge in [-0.1, -0.05) is 12.1 Å². The van der Waals surface area contributed by atoms with E-state index in [1.807, 2.05) is 0 Å². The molecule has 1 aromatic heterocycles. The predicted molar refractivity (Wildman–Crippen MR) is 112 cm³/mol. The molecule has 3 heterocycles. The van der Waals surface area contributed by atoms with E-state index in [-0.39, 0.29) is 12.1 Å². The molecule has 1 aromatic carbocycles. The smallest absolute Gasteiger partial charge is 0.324 e. The number of sulfonamides is 1. The molecular weight excluding hydrogens is 424 g/mol. The first-order chi connectivity index (χ1) is 14.7. The highest BCUT2D eigenvalue weighted by atomic mass is 32.2. The summed E-state index contributed by atoms with van der Waals surface area (Å²) in [5, 5.41) is 10.0. The SMILES string of the molecule is COC(=O)[C@H]1[C@H](CO)[C@H]2Cn3c(ccc(-c4ccc(OC)cc4)c3=O)[C@H]2N1S(C)(=O)=O. The van der Waals surface area contributed by atoms with Crippen molar-refractivity contribution in [2.75, 3.05) is 27.1 Å². The molecule has 1 N–H and O–H groups in total. The highest BCUT2D eigenvalue weighted by molar-refractivity contribution is 7.88. The van der Waals surface area contributed by atoms with E-state index in [1.165, 1.54) is 7.11 Å². The number of hydrogen-bond acceptors (Lipinski definition) is 7. The number of esters is 1. The van der Waals surface area contributed by atoms with Gasteiger partial charge in [0.2, 0.25) is 10.0 Å². The van der Waals surface area contributed by atoms with Gasteiger partial charge in [-0.2, -0.15) is 4.31 Å². The summed E-state index contributed by atoms with van der Waals surface area (Å²) >= 11 is 0. The van der Waals surface area contributed by atoms with Crippen molar-refractivity contribution in [3.63, 3.8) is 0 Å². The Kier molecular flexibility index (Phi) is 5.40. The van der Waals surface area contributed by atoms with Crippen molar-refractivity contribution >= 4 is 16.0 Å². The summed E-state index contributed by atoms with van der Waals surface area (Å²) in [7, 11) is -1.09. The Balaban J connectivity index is 1.83. The van der Waals surface area contributed by atoms with Crippen LogP contribution in [0.4, 0.5) is 0 Å². The van der Waals surface area contributed by atoms with E-state index < -0.39 is 46.5 Å².